The number of imide groups is 1. The van der Waals surface area contributed by atoms with Crippen molar-refractivity contribution < 1.29 is 9.59 Å². The van der Waals surface area contributed by atoms with Crippen LogP contribution in [-0.4, -0.2) is 35.2 Å². The molecule has 0 aromatic heterocycles. The monoisotopic (exact) mass is 362 g/mol. The Kier molecular flexibility index (Phi) is 6.07. The summed E-state index contributed by atoms with van der Waals surface area (Å²) in [5.41, 5.74) is 2.90. The van der Waals surface area contributed by atoms with Gasteiger partial charge in [-0.15, -0.1) is 0 Å². The number of likely N-dealkylation sites (N-methyl/N-ethyl adjacent to an activating group) is 1. The number of carbonyl (C=O) groups is 2. The molecule has 1 aliphatic heterocycles. The van der Waals surface area contributed by atoms with Gasteiger partial charge in [-0.25, -0.2) is 0 Å². The van der Waals surface area contributed by atoms with Crippen LogP contribution >= 0.6 is 0 Å². The first kappa shape index (κ1) is 18.9. The number of unbranched alkanes of at least 4 members (excludes halogenated alkanes) is 2. The van der Waals surface area contributed by atoms with Gasteiger partial charge < -0.3 is 4.90 Å². The van der Waals surface area contributed by atoms with Gasteiger partial charge in [0.25, 0.3) is 11.8 Å². The zero-order valence-corrected chi connectivity index (χ0v) is 16.0. The van der Waals surface area contributed by atoms with Crippen molar-refractivity contribution in [2.45, 2.75) is 32.7 Å². The SMILES string of the molecule is CCCCCN1C(=O)C(c2ccccc2)=C(N(C)Cc2ccccc2)C1=O. The van der Waals surface area contributed by atoms with E-state index >= 15 is 0 Å². The van der Waals surface area contributed by atoms with Gasteiger partial charge in [-0.2, -0.15) is 0 Å². The van der Waals surface area contributed by atoms with Crippen LogP contribution in [0, 0.1) is 0 Å². The topological polar surface area (TPSA) is 40.6 Å². The van der Waals surface area contributed by atoms with E-state index in [4.69, 9.17) is 0 Å². The van der Waals surface area contributed by atoms with Crippen LogP contribution in [0.25, 0.3) is 5.57 Å². The van der Waals surface area contributed by atoms with Crippen LogP contribution < -0.4 is 0 Å². The lowest BCUT2D eigenvalue weighted by molar-refractivity contribution is -0.137. The number of nitrogens with zero attached hydrogens (tertiary/aromatic N) is 2. The highest BCUT2D eigenvalue weighted by molar-refractivity contribution is 6.35. The summed E-state index contributed by atoms with van der Waals surface area (Å²) in [5, 5.41) is 0. The molecule has 4 heteroatoms. The van der Waals surface area contributed by atoms with Crippen LogP contribution in [0.3, 0.4) is 0 Å². The van der Waals surface area contributed by atoms with Gasteiger partial charge in [-0.1, -0.05) is 80.4 Å². The molecule has 1 aliphatic rings. The molecule has 0 radical (unpaired) electrons. The Morgan fingerprint density at radius 1 is 0.852 bits per heavy atom. The molecule has 0 saturated heterocycles. The van der Waals surface area contributed by atoms with Crippen molar-refractivity contribution in [3.63, 3.8) is 0 Å². The molecule has 0 spiro atoms. The fourth-order valence-corrected chi connectivity index (χ4v) is 3.44. The molecule has 3 rings (SSSR count). The first-order valence-electron chi connectivity index (χ1n) is 9.54. The van der Waals surface area contributed by atoms with E-state index in [1.807, 2.05) is 72.6 Å². The highest BCUT2D eigenvalue weighted by Crippen LogP contribution is 2.31. The second-order valence-electron chi connectivity index (χ2n) is 6.90. The predicted molar refractivity (Wildman–Crippen MR) is 108 cm³/mol. The van der Waals surface area contributed by atoms with Crippen molar-refractivity contribution in [1.82, 2.24) is 9.80 Å². The van der Waals surface area contributed by atoms with Crippen molar-refractivity contribution in [3.8, 4) is 0 Å². The van der Waals surface area contributed by atoms with E-state index in [9.17, 15) is 9.59 Å². The first-order valence-corrected chi connectivity index (χ1v) is 9.54. The number of amides is 2. The lowest BCUT2D eigenvalue weighted by Crippen LogP contribution is -2.34. The van der Waals surface area contributed by atoms with Gasteiger partial charge in [0, 0.05) is 20.1 Å². The van der Waals surface area contributed by atoms with Crippen LogP contribution in [-0.2, 0) is 16.1 Å². The van der Waals surface area contributed by atoms with Crippen LogP contribution in [0.15, 0.2) is 66.4 Å². The van der Waals surface area contributed by atoms with Crippen molar-refractivity contribution in [1.29, 1.82) is 0 Å². The van der Waals surface area contributed by atoms with Crippen LogP contribution in [0.2, 0.25) is 0 Å². The number of hydrogen-bond acceptors (Lipinski definition) is 3. The standard InChI is InChI=1S/C23H26N2O2/c1-3-4-11-16-25-22(26)20(19-14-9-6-10-15-19)21(23(25)27)24(2)17-18-12-7-5-8-13-18/h5-10,12-15H,3-4,11,16-17H2,1-2H3. The summed E-state index contributed by atoms with van der Waals surface area (Å²) in [7, 11) is 1.88. The second kappa shape index (κ2) is 8.67. The minimum absolute atomic E-state index is 0.183. The summed E-state index contributed by atoms with van der Waals surface area (Å²) >= 11 is 0. The maximum Gasteiger partial charge on any atom is 0.277 e. The third kappa shape index (κ3) is 4.11. The molecule has 0 unspecified atom stereocenters. The molecule has 0 fully saturated rings. The van der Waals surface area contributed by atoms with Gasteiger partial charge in [-0.05, 0) is 17.5 Å². The van der Waals surface area contributed by atoms with Crippen molar-refractivity contribution in [3.05, 3.63) is 77.5 Å². The number of rotatable bonds is 8. The number of hydrogen-bond donors (Lipinski definition) is 0. The summed E-state index contributed by atoms with van der Waals surface area (Å²) in [6.45, 7) is 3.17. The molecular weight excluding hydrogens is 336 g/mol. The first-order chi connectivity index (χ1) is 13.1. The van der Waals surface area contributed by atoms with Crippen molar-refractivity contribution >= 4 is 17.4 Å². The van der Waals surface area contributed by atoms with E-state index < -0.39 is 0 Å². The summed E-state index contributed by atoms with van der Waals surface area (Å²) in [4.78, 5) is 29.5. The van der Waals surface area contributed by atoms with E-state index in [0.29, 0.717) is 24.4 Å². The second-order valence-corrected chi connectivity index (χ2v) is 6.90. The largest absolute Gasteiger partial charge is 0.365 e. The molecule has 140 valence electrons. The third-order valence-electron chi connectivity index (χ3n) is 4.84. The zero-order valence-electron chi connectivity index (χ0n) is 16.0. The van der Waals surface area contributed by atoms with Crippen LogP contribution in [0.4, 0.5) is 0 Å². The van der Waals surface area contributed by atoms with E-state index in [-0.39, 0.29) is 11.8 Å². The van der Waals surface area contributed by atoms with E-state index in [0.717, 1.165) is 30.4 Å². The third-order valence-corrected chi connectivity index (χ3v) is 4.84. The maximum absolute atomic E-state index is 13.1. The smallest absolute Gasteiger partial charge is 0.277 e. The summed E-state index contributed by atoms with van der Waals surface area (Å²) < 4.78 is 0. The van der Waals surface area contributed by atoms with Gasteiger partial charge in [0.2, 0.25) is 0 Å². The van der Waals surface area contributed by atoms with E-state index in [2.05, 4.69) is 6.92 Å². The molecule has 2 aromatic carbocycles. The Hall–Kier alpha value is -2.88. The Morgan fingerprint density at radius 3 is 2.11 bits per heavy atom. The highest BCUT2D eigenvalue weighted by atomic mass is 16.2. The number of carbonyl (C=O) groups excluding carboxylic acids is 2. The Labute approximate surface area is 161 Å². The molecular formula is C23H26N2O2. The molecule has 27 heavy (non-hydrogen) atoms. The lowest BCUT2D eigenvalue weighted by atomic mass is 10.0. The van der Waals surface area contributed by atoms with Gasteiger partial charge in [-0.3, -0.25) is 14.5 Å². The summed E-state index contributed by atoms with van der Waals surface area (Å²) in [6.07, 6.45) is 2.90. The summed E-state index contributed by atoms with van der Waals surface area (Å²) in [6, 6.07) is 19.5. The van der Waals surface area contributed by atoms with Crippen LogP contribution in [0.1, 0.15) is 37.3 Å². The molecule has 2 amide bonds. The molecule has 0 bridgehead atoms. The summed E-state index contributed by atoms with van der Waals surface area (Å²) in [5.74, 6) is -0.370. The average Bonchev–Trinajstić information content (AvgIpc) is 2.94. The Balaban J connectivity index is 1.94. The van der Waals surface area contributed by atoms with Crippen molar-refractivity contribution in [2.75, 3.05) is 13.6 Å². The van der Waals surface area contributed by atoms with Gasteiger partial charge in [0.15, 0.2) is 0 Å². The molecule has 0 saturated carbocycles. The average molecular weight is 362 g/mol. The molecule has 1 heterocycles. The van der Waals surface area contributed by atoms with Gasteiger partial charge >= 0.3 is 0 Å². The minimum atomic E-state index is -0.187. The lowest BCUT2D eigenvalue weighted by Gasteiger charge is -2.21. The zero-order chi connectivity index (χ0) is 19.2. The highest BCUT2D eigenvalue weighted by Gasteiger charge is 2.40. The fraction of sp³-hybridized carbons (Fsp3) is 0.304. The number of benzene rings is 2. The maximum atomic E-state index is 13.1. The quantitative estimate of drug-likeness (QED) is 0.525. The Morgan fingerprint density at radius 2 is 1.48 bits per heavy atom. The van der Waals surface area contributed by atoms with Crippen LogP contribution in [0.5, 0.6) is 0 Å². The van der Waals surface area contributed by atoms with E-state index in [1.54, 1.807) is 0 Å². The molecule has 0 atom stereocenters. The van der Waals surface area contributed by atoms with E-state index in [1.165, 1.54) is 4.90 Å². The Bertz CT molecular complexity index is 828. The molecule has 2 aromatic rings. The molecule has 0 N–H and O–H groups in total. The van der Waals surface area contributed by atoms with Crippen molar-refractivity contribution in [2.24, 2.45) is 0 Å². The van der Waals surface area contributed by atoms with Gasteiger partial charge in [0.05, 0.1) is 5.57 Å². The predicted octanol–water partition coefficient (Wildman–Crippen LogP) is 4.09. The molecule has 0 aliphatic carbocycles. The minimum Gasteiger partial charge on any atom is -0.365 e. The van der Waals surface area contributed by atoms with Gasteiger partial charge in [0.1, 0.15) is 5.70 Å². The molecule has 4 nitrogen and oxygen atoms in total. The normalized spacial score (nSPS) is 14.2. The fourth-order valence-electron chi connectivity index (χ4n) is 3.44.